The molecule has 0 N–H and O–H groups in total. The Bertz CT molecular complexity index is 780. The number of nitrogens with zero attached hydrogens (tertiary/aromatic N) is 2. The van der Waals surface area contributed by atoms with Crippen molar-refractivity contribution >= 4 is 12.0 Å². The highest BCUT2D eigenvalue weighted by Crippen LogP contribution is 2.33. The molecule has 0 aromatic heterocycles. The highest BCUT2D eigenvalue weighted by molar-refractivity contribution is 5.65. The second-order valence-corrected chi connectivity index (χ2v) is 6.81. The summed E-state index contributed by atoms with van der Waals surface area (Å²) in [6.07, 6.45) is 1.89. The lowest BCUT2D eigenvalue weighted by molar-refractivity contribution is 0.474. The molecule has 2 aromatic rings. The maximum Gasteiger partial charge on any atom is 0.130 e. The summed E-state index contributed by atoms with van der Waals surface area (Å²) in [5.41, 5.74) is 3.64. The smallest absolute Gasteiger partial charge is 0.130 e. The summed E-state index contributed by atoms with van der Waals surface area (Å²) < 4.78 is 19.9. The fourth-order valence-corrected chi connectivity index (χ4v) is 2.71. The Morgan fingerprint density at radius 1 is 1.08 bits per heavy atom. The number of rotatable bonds is 7. The molecule has 0 bridgehead atoms. The number of ether oxygens (including phenoxy) is 1. The molecule has 0 unspecified atom stereocenters. The summed E-state index contributed by atoms with van der Waals surface area (Å²) >= 11 is 0. The summed E-state index contributed by atoms with van der Waals surface area (Å²) in [6.45, 7) is 14.0. The minimum atomic E-state index is -0.193. The van der Waals surface area contributed by atoms with Crippen LogP contribution in [0.25, 0.3) is 0 Å². The lowest BCUT2D eigenvalue weighted by atomic mass is 10.0. The Kier molecular flexibility index (Phi) is 6.78. The van der Waals surface area contributed by atoms with Crippen molar-refractivity contribution in [3.63, 3.8) is 0 Å². The highest BCUT2D eigenvalue weighted by Gasteiger charge is 2.11. The SMILES string of the molecule is CCN(C=Nc1cc(C)c(Oc2ccc(F)c(C(C)C)c2)cc1C)CC. The molecule has 0 saturated heterocycles. The van der Waals surface area contributed by atoms with Crippen LogP contribution in [0.4, 0.5) is 10.1 Å². The molecule has 0 radical (unpaired) electrons. The van der Waals surface area contributed by atoms with Gasteiger partial charge < -0.3 is 9.64 Å². The molecule has 4 heteroatoms. The van der Waals surface area contributed by atoms with E-state index in [1.54, 1.807) is 12.1 Å². The largest absolute Gasteiger partial charge is 0.457 e. The van der Waals surface area contributed by atoms with E-state index >= 15 is 0 Å². The van der Waals surface area contributed by atoms with Crippen molar-refractivity contribution in [1.29, 1.82) is 0 Å². The molecule has 0 atom stereocenters. The second-order valence-electron chi connectivity index (χ2n) is 6.81. The van der Waals surface area contributed by atoms with Crippen molar-refractivity contribution in [3.05, 3.63) is 52.8 Å². The average molecular weight is 356 g/mol. The Balaban J connectivity index is 2.27. The molecule has 0 amide bonds. The van der Waals surface area contributed by atoms with Crippen LogP contribution in [0.15, 0.2) is 35.3 Å². The molecule has 0 spiro atoms. The van der Waals surface area contributed by atoms with E-state index in [1.165, 1.54) is 6.07 Å². The van der Waals surface area contributed by atoms with E-state index in [4.69, 9.17) is 4.74 Å². The van der Waals surface area contributed by atoms with E-state index in [0.29, 0.717) is 11.3 Å². The number of aryl methyl sites for hydroxylation is 2. The molecule has 2 aromatic carbocycles. The van der Waals surface area contributed by atoms with Gasteiger partial charge in [0.2, 0.25) is 0 Å². The number of hydrogen-bond donors (Lipinski definition) is 0. The van der Waals surface area contributed by atoms with Gasteiger partial charge in [0.05, 0.1) is 12.0 Å². The van der Waals surface area contributed by atoms with Crippen molar-refractivity contribution in [3.8, 4) is 11.5 Å². The predicted molar refractivity (Wildman–Crippen MR) is 108 cm³/mol. The zero-order chi connectivity index (χ0) is 19.3. The number of aliphatic imine (C=N–C) groups is 1. The quantitative estimate of drug-likeness (QED) is 0.426. The van der Waals surface area contributed by atoms with Gasteiger partial charge in [0.25, 0.3) is 0 Å². The first-order valence-electron chi connectivity index (χ1n) is 9.22. The maximum atomic E-state index is 13.9. The molecule has 140 valence electrons. The number of benzene rings is 2. The van der Waals surface area contributed by atoms with Gasteiger partial charge in [-0.05, 0) is 80.6 Å². The fraction of sp³-hybridized carbons (Fsp3) is 0.409. The van der Waals surface area contributed by atoms with Gasteiger partial charge in [-0.2, -0.15) is 0 Å². The monoisotopic (exact) mass is 356 g/mol. The van der Waals surface area contributed by atoms with E-state index in [-0.39, 0.29) is 11.7 Å². The first-order chi connectivity index (χ1) is 12.3. The summed E-state index contributed by atoms with van der Waals surface area (Å²) in [5, 5.41) is 0. The molecular formula is C22H29FN2O. The van der Waals surface area contributed by atoms with Crippen LogP contribution < -0.4 is 4.74 Å². The summed E-state index contributed by atoms with van der Waals surface area (Å²) in [6, 6.07) is 8.93. The van der Waals surface area contributed by atoms with Crippen LogP contribution in [-0.4, -0.2) is 24.3 Å². The van der Waals surface area contributed by atoms with Crippen LogP contribution in [-0.2, 0) is 0 Å². The zero-order valence-corrected chi connectivity index (χ0v) is 16.6. The van der Waals surface area contributed by atoms with Gasteiger partial charge in [0.1, 0.15) is 17.3 Å². The molecule has 2 rings (SSSR count). The van der Waals surface area contributed by atoms with Crippen LogP contribution in [0.3, 0.4) is 0 Å². The van der Waals surface area contributed by atoms with Crippen molar-refractivity contribution in [2.45, 2.75) is 47.5 Å². The van der Waals surface area contributed by atoms with E-state index in [9.17, 15) is 4.39 Å². The van der Waals surface area contributed by atoms with Crippen molar-refractivity contribution < 1.29 is 9.13 Å². The van der Waals surface area contributed by atoms with E-state index in [1.807, 2.05) is 46.2 Å². The summed E-state index contributed by atoms with van der Waals surface area (Å²) in [5.74, 6) is 1.34. The van der Waals surface area contributed by atoms with E-state index in [0.717, 1.165) is 35.7 Å². The van der Waals surface area contributed by atoms with Gasteiger partial charge in [-0.25, -0.2) is 9.38 Å². The van der Waals surface area contributed by atoms with Crippen molar-refractivity contribution in [1.82, 2.24) is 4.90 Å². The molecule has 0 heterocycles. The minimum absolute atomic E-state index is 0.109. The first-order valence-corrected chi connectivity index (χ1v) is 9.22. The molecule has 0 aliphatic carbocycles. The van der Waals surface area contributed by atoms with Gasteiger partial charge in [-0.15, -0.1) is 0 Å². The summed E-state index contributed by atoms with van der Waals surface area (Å²) in [4.78, 5) is 6.75. The first kappa shape index (κ1) is 20.0. The minimum Gasteiger partial charge on any atom is -0.457 e. The third-order valence-corrected chi connectivity index (χ3v) is 4.48. The molecule has 0 aliphatic rings. The lowest BCUT2D eigenvalue weighted by Gasteiger charge is -2.15. The maximum absolute atomic E-state index is 13.9. The van der Waals surface area contributed by atoms with E-state index in [2.05, 4.69) is 23.7 Å². The van der Waals surface area contributed by atoms with Crippen LogP contribution in [0, 0.1) is 19.7 Å². The molecule has 0 saturated carbocycles. The van der Waals surface area contributed by atoms with E-state index < -0.39 is 0 Å². The standard InChI is InChI=1S/C22H29FN2O/c1-7-25(8-2)14-24-21-11-17(6)22(12-16(21)5)26-18-9-10-20(23)19(13-18)15(3)4/h9-15H,7-8H2,1-6H3. The van der Waals surface area contributed by atoms with Crippen molar-refractivity contribution in [2.75, 3.05) is 13.1 Å². The van der Waals surface area contributed by atoms with Gasteiger partial charge in [-0.3, -0.25) is 0 Å². The number of halogens is 1. The second kappa shape index (κ2) is 8.84. The fourth-order valence-electron chi connectivity index (χ4n) is 2.71. The predicted octanol–water partition coefficient (Wildman–Crippen LogP) is 6.36. The lowest BCUT2D eigenvalue weighted by Crippen LogP contribution is -2.20. The Labute approximate surface area is 156 Å². The van der Waals surface area contributed by atoms with Gasteiger partial charge in [-0.1, -0.05) is 13.8 Å². The van der Waals surface area contributed by atoms with Crippen LogP contribution in [0.1, 0.15) is 50.3 Å². The molecule has 0 fully saturated rings. The Morgan fingerprint density at radius 3 is 2.38 bits per heavy atom. The third-order valence-electron chi connectivity index (χ3n) is 4.48. The van der Waals surface area contributed by atoms with Gasteiger partial charge in [0, 0.05) is 13.1 Å². The van der Waals surface area contributed by atoms with Gasteiger partial charge in [0.15, 0.2) is 0 Å². The van der Waals surface area contributed by atoms with Crippen LogP contribution in [0.5, 0.6) is 11.5 Å². The molecular weight excluding hydrogens is 327 g/mol. The van der Waals surface area contributed by atoms with Crippen LogP contribution in [0.2, 0.25) is 0 Å². The average Bonchev–Trinajstić information content (AvgIpc) is 2.61. The van der Waals surface area contributed by atoms with Crippen LogP contribution >= 0.6 is 0 Å². The highest BCUT2D eigenvalue weighted by atomic mass is 19.1. The Morgan fingerprint density at radius 2 is 1.77 bits per heavy atom. The van der Waals surface area contributed by atoms with Crippen molar-refractivity contribution in [2.24, 2.45) is 4.99 Å². The van der Waals surface area contributed by atoms with Gasteiger partial charge >= 0.3 is 0 Å². The Hall–Kier alpha value is -2.36. The third kappa shape index (κ3) is 4.84. The molecule has 0 aliphatic heterocycles. The molecule has 3 nitrogen and oxygen atoms in total. The topological polar surface area (TPSA) is 24.8 Å². The number of hydrogen-bond acceptors (Lipinski definition) is 2. The zero-order valence-electron chi connectivity index (χ0n) is 16.6. The normalized spacial score (nSPS) is 11.4. The summed E-state index contributed by atoms with van der Waals surface area (Å²) in [7, 11) is 0. The molecule has 26 heavy (non-hydrogen) atoms.